The fourth-order valence-electron chi connectivity index (χ4n) is 3.60. The number of hydrogen-bond acceptors (Lipinski definition) is 5. The van der Waals surface area contributed by atoms with Gasteiger partial charge in [-0.05, 0) is 27.7 Å². The normalized spacial score (nSPS) is 16.5. The summed E-state index contributed by atoms with van der Waals surface area (Å²) in [5.74, 6) is -0.00840. The summed E-state index contributed by atoms with van der Waals surface area (Å²) < 4.78 is 8.35. The van der Waals surface area contributed by atoms with Crippen LogP contribution >= 0.6 is 0 Å². The number of fused-ring (bicyclic) bond motifs is 1. The van der Waals surface area contributed by atoms with E-state index in [-0.39, 0.29) is 24.3 Å². The Bertz CT molecular complexity index is 849. The molecule has 8 heteroatoms. The van der Waals surface area contributed by atoms with Crippen molar-refractivity contribution in [2.45, 2.75) is 46.6 Å². The minimum Gasteiger partial charge on any atom is -0.465 e. The molecule has 2 aromatic heterocycles. The van der Waals surface area contributed by atoms with Gasteiger partial charge in [-0.15, -0.1) is 0 Å². The maximum absolute atomic E-state index is 12.3. The Kier molecular flexibility index (Phi) is 4.36. The number of carbonyl (C=O) groups excluding carboxylic acids is 2. The summed E-state index contributed by atoms with van der Waals surface area (Å²) in [6.07, 6.45) is 0.340. The fourth-order valence-corrected chi connectivity index (χ4v) is 3.60. The number of esters is 1. The molecule has 1 atom stereocenters. The summed E-state index contributed by atoms with van der Waals surface area (Å²) in [5.41, 5.74) is 4.73. The van der Waals surface area contributed by atoms with Crippen molar-refractivity contribution >= 4 is 17.7 Å². The van der Waals surface area contributed by atoms with E-state index in [1.165, 1.54) is 4.68 Å². The molecule has 1 aliphatic rings. The molecule has 134 valence electrons. The van der Waals surface area contributed by atoms with E-state index < -0.39 is 0 Å². The van der Waals surface area contributed by atoms with Crippen LogP contribution in [0.5, 0.6) is 0 Å². The van der Waals surface area contributed by atoms with Crippen LogP contribution in [-0.4, -0.2) is 38.0 Å². The maximum Gasteiger partial charge on any atom is 0.327 e. The predicted molar refractivity (Wildman–Crippen MR) is 91.4 cm³/mol. The Labute approximate surface area is 146 Å². The molecular weight excluding hydrogens is 322 g/mol. The lowest BCUT2D eigenvalue weighted by Gasteiger charge is -2.24. The number of ether oxygens (including phenoxy) is 1. The summed E-state index contributed by atoms with van der Waals surface area (Å²) in [6.45, 7) is 7.89. The van der Waals surface area contributed by atoms with E-state index in [0.717, 1.165) is 28.2 Å². The van der Waals surface area contributed by atoms with Crippen LogP contribution in [0.25, 0.3) is 0 Å². The topological polar surface area (TPSA) is 91.0 Å². The predicted octanol–water partition coefficient (Wildman–Crippen LogP) is 1.58. The first-order valence-electron chi connectivity index (χ1n) is 8.36. The molecule has 8 nitrogen and oxygen atoms in total. The number of aromatic nitrogens is 4. The first-order valence-corrected chi connectivity index (χ1v) is 8.36. The van der Waals surface area contributed by atoms with Gasteiger partial charge in [-0.1, -0.05) is 0 Å². The zero-order chi connectivity index (χ0) is 18.3. The van der Waals surface area contributed by atoms with Gasteiger partial charge in [-0.3, -0.25) is 14.3 Å². The molecule has 0 aromatic carbocycles. The molecule has 0 saturated carbocycles. The molecule has 0 unspecified atom stereocenters. The van der Waals surface area contributed by atoms with Crippen LogP contribution in [-0.2, 0) is 27.9 Å². The molecule has 3 heterocycles. The lowest BCUT2D eigenvalue weighted by Crippen LogP contribution is -2.26. The standard InChI is InChI=1S/C17H23N5O3/c1-6-25-14(24)8-22-17-16(10(3)20-22)12(7-13(23)18-17)15-9(2)19-21(5)11(15)4/h12H,6-8H2,1-5H3,(H,18,23)/t12-/m0/s1. The molecule has 0 aliphatic carbocycles. The molecule has 1 aliphatic heterocycles. The summed E-state index contributed by atoms with van der Waals surface area (Å²) >= 11 is 0. The van der Waals surface area contributed by atoms with Crippen molar-refractivity contribution in [2.75, 3.05) is 11.9 Å². The summed E-state index contributed by atoms with van der Waals surface area (Å²) in [5, 5.41) is 11.8. The highest BCUT2D eigenvalue weighted by molar-refractivity contribution is 5.95. The molecule has 0 spiro atoms. The molecule has 3 rings (SSSR count). The van der Waals surface area contributed by atoms with Crippen molar-refractivity contribution < 1.29 is 14.3 Å². The number of carbonyl (C=O) groups is 2. The van der Waals surface area contributed by atoms with Crippen LogP contribution < -0.4 is 5.32 Å². The number of anilines is 1. The van der Waals surface area contributed by atoms with Gasteiger partial charge in [-0.25, -0.2) is 4.68 Å². The second-order valence-electron chi connectivity index (χ2n) is 6.32. The molecule has 1 amide bonds. The van der Waals surface area contributed by atoms with Crippen molar-refractivity contribution in [1.82, 2.24) is 19.6 Å². The van der Waals surface area contributed by atoms with Crippen molar-refractivity contribution in [3.63, 3.8) is 0 Å². The van der Waals surface area contributed by atoms with Crippen LogP contribution in [0.3, 0.4) is 0 Å². The molecule has 0 saturated heterocycles. The van der Waals surface area contributed by atoms with E-state index in [1.807, 2.05) is 32.5 Å². The number of nitrogens with zero attached hydrogens (tertiary/aromatic N) is 4. The first-order chi connectivity index (χ1) is 11.8. The molecule has 2 aromatic rings. The van der Waals surface area contributed by atoms with Gasteiger partial charge in [0.1, 0.15) is 12.4 Å². The molecule has 25 heavy (non-hydrogen) atoms. The zero-order valence-corrected chi connectivity index (χ0v) is 15.2. The van der Waals surface area contributed by atoms with Gasteiger partial charge in [0.05, 0.1) is 18.0 Å². The number of hydrogen-bond donors (Lipinski definition) is 1. The third-order valence-corrected chi connectivity index (χ3v) is 4.67. The van der Waals surface area contributed by atoms with Crippen molar-refractivity contribution in [2.24, 2.45) is 7.05 Å². The van der Waals surface area contributed by atoms with Gasteiger partial charge in [0.2, 0.25) is 5.91 Å². The molecule has 0 fully saturated rings. The Morgan fingerprint density at radius 3 is 2.52 bits per heavy atom. The Morgan fingerprint density at radius 2 is 1.92 bits per heavy atom. The van der Waals surface area contributed by atoms with Crippen molar-refractivity contribution in [3.8, 4) is 0 Å². The van der Waals surface area contributed by atoms with E-state index in [4.69, 9.17) is 4.74 Å². The highest BCUT2D eigenvalue weighted by atomic mass is 16.5. The Balaban J connectivity index is 2.08. The largest absolute Gasteiger partial charge is 0.465 e. The Morgan fingerprint density at radius 1 is 1.24 bits per heavy atom. The van der Waals surface area contributed by atoms with E-state index in [2.05, 4.69) is 15.5 Å². The minimum atomic E-state index is -0.377. The van der Waals surface area contributed by atoms with Crippen molar-refractivity contribution in [1.29, 1.82) is 0 Å². The summed E-state index contributed by atoms with van der Waals surface area (Å²) in [7, 11) is 1.90. The second-order valence-corrected chi connectivity index (χ2v) is 6.32. The van der Waals surface area contributed by atoms with Crippen molar-refractivity contribution in [3.05, 3.63) is 28.2 Å². The summed E-state index contributed by atoms with van der Waals surface area (Å²) in [4.78, 5) is 24.2. The zero-order valence-electron chi connectivity index (χ0n) is 15.2. The van der Waals surface area contributed by atoms with E-state index in [9.17, 15) is 9.59 Å². The monoisotopic (exact) mass is 345 g/mol. The van der Waals surface area contributed by atoms with Crippen LogP contribution in [0.1, 0.15) is 47.5 Å². The van der Waals surface area contributed by atoms with Gasteiger partial charge in [0, 0.05) is 36.2 Å². The number of amides is 1. The smallest absolute Gasteiger partial charge is 0.327 e. The van der Waals surface area contributed by atoms with Gasteiger partial charge < -0.3 is 10.1 Å². The third kappa shape index (κ3) is 2.92. The van der Waals surface area contributed by atoms with Gasteiger partial charge >= 0.3 is 5.97 Å². The molecule has 1 N–H and O–H groups in total. The van der Waals surface area contributed by atoms with E-state index >= 15 is 0 Å². The second kappa shape index (κ2) is 6.34. The SMILES string of the molecule is CCOC(=O)Cn1nc(C)c2c1NC(=O)C[C@H]2c1c(C)nn(C)c1C. The van der Waals surface area contributed by atoms with E-state index in [1.54, 1.807) is 6.92 Å². The fraction of sp³-hybridized carbons (Fsp3) is 0.529. The average molecular weight is 345 g/mol. The highest BCUT2D eigenvalue weighted by Gasteiger charge is 2.35. The molecule has 0 radical (unpaired) electrons. The van der Waals surface area contributed by atoms with Gasteiger partial charge in [-0.2, -0.15) is 10.2 Å². The number of rotatable bonds is 4. The van der Waals surface area contributed by atoms with Crippen LogP contribution in [0.15, 0.2) is 0 Å². The number of aryl methyl sites for hydroxylation is 3. The summed E-state index contributed by atoms with van der Waals surface area (Å²) in [6, 6.07) is 0. The van der Waals surface area contributed by atoms with Gasteiger partial charge in [0.15, 0.2) is 0 Å². The Hall–Kier alpha value is -2.64. The highest BCUT2D eigenvalue weighted by Crippen LogP contribution is 2.41. The van der Waals surface area contributed by atoms with E-state index in [0.29, 0.717) is 18.8 Å². The van der Waals surface area contributed by atoms with Crippen LogP contribution in [0.2, 0.25) is 0 Å². The lowest BCUT2D eigenvalue weighted by atomic mass is 9.84. The lowest BCUT2D eigenvalue weighted by molar-refractivity contribution is -0.144. The van der Waals surface area contributed by atoms with Crippen LogP contribution in [0, 0.1) is 20.8 Å². The van der Waals surface area contributed by atoms with Gasteiger partial charge in [0.25, 0.3) is 0 Å². The molecule has 0 bridgehead atoms. The van der Waals surface area contributed by atoms with Crippen LogP contribution in [0.4, 0.5) is 5.82 Å². The molecular formula is C17H23N5O3. The number of nitrogens with one attached hydrogen (secondary N) is 1. The first kappa shape index (κ1) is 17.2. The third-order valence-electron chi connectivity index (χ3n) is 4.67. The minimum absolute atomic E-state index is 0.0258. The average Bonchev–Trinajstić information content (AvgIpc) is 2.96. The maximum atomic E-state index is 12.3. The quantitative estimate of drug-likeness (QED) is 0.850.